The van der Waals surface area contributed by atoms with E-state index in [0.29, 0.717) is 13.0 Å². The van der Waals surface area contributed by atoms with Gasteiger partial charge in [-0.25, -0.2) is 8.42 Å². The zero-order valence-corrected chi connectivity index (χ0v) is 9.88. The third-order valence-corrected chi connectivity index (χ3v) is 3.39. The molecular weight excluding hydrogens is 218 g/mol. The lowest BCUT2D eigenvalue weighted by atomic mass is 10.2. The number of esters is 1. The molecule has 0 aromatic rings. The third-order valence-electron chi connectivity index (χ3n) is 1.80. The Morgan fingerprint density at radius 3 is 2.47 bits per heavy atom. The highest BCUT2D eigenvalue weighted by atomic mass is 32.2. The van der Waals surface area contributed by atoms with Crippen molar-refractivity contribution in [1.82, 2.24) is 0 Å². The molecule has 0 heterocycles. The van der Waals surface area contributed by atoms with E-state index < -0.39 is 21.6 Å². The highest BCUT2D eigenvalue weighted by molar-refractivity contribution is 7.92. The maximum atomic E-state index is 11.3. The van der Waals surface area contributed by atoms with E-state index in [-0.39, 0.29) is 12.4 Å². The van der Waals surface area contributed by atoms with Crippen molar-refractivity contribution in [2.45, 2.75) is 26.2 Å². The van der Waals surface area contributed by atoms with Crippen LogP contribution >= 0.6 is 0 Å². The number of sulfone groups is 1. The molecule has 0 atom stereocenters. The van der Waals surface area contributed by atoms with Gasteiger partial charge in [-0.1, -0.05) is 6.42 Å². The fraction of sp³-hybridized carbons (Fsp3) is 0.889. The Kier molecular flexibility index (Phi) is 7.33. The smallest absolute Gasteiger partial charge is 0.321 e. The second-order valence-corrected chi connectivity index (χ2v) is 5.43. The Morgan fingerprint density at radius 1 is 1.27 bits per heavy atom. The van der Waals surface area contributed by atoms with Gasteiger partial charge in [-0.05, 0) is 26.3 Å². The fourth-order valence-electron chi connectivity index (χ4n) is 1.10. The predicted molar refractivity (Wildman–Crippen MR) is 58.2 cm³/mol. The highest BCUT2D eigenvalue weighted by Gasteiger charge is 2.16. The summed E-state index contributed by atoms with van der Waals surface area (Å²) in [6.45, 7) is 2.42. The lowest BCUT2D eigenvalue weighted by Gasteiger charge is -2.03. The van der Waals surface area contributed by atoms with Crippen LogP contribution < -0.4 is 5.73 Å². The van der Waals surface area contributed by atoms with Crippen LogP contribution in [0.1, 0.15) is 26.2 Å². The van der Waals surface area contributed by atoms with Gasteiger partial charge in [0.25, 0.3) is 0 Å². The number of hydrogen-bond donors (Lipinski definition) is 1. The van der Waals surface area contributed by atoms with Crippen LogP contribution in [0.4, 0.5) is 0 Å². The standard InChI is InChI=1S/C9H19NO4S/c1-2-14-9(11)8-15(12,13)7-5-3-4-6-10/h2-8,10H2,1H3. The Balaban J connectivity index is 3.82. The molecule has 0 bridgehead atoms. The molecule has 0 spiro atoms. The topological polar surface area (TPSA) is 86.5 Å². The molecule has 0 fully saturated rings. The quantitative estimate of drug-likeness (QED) is 0.477. The second-order valence-electron chi connectivity index (χ2n) is 3.25. The summed E-state index contributed by atoms with van der Waals surface area (Å²) in [7, 11) is -3.30. The van der Waals surface area contributed by atoms with Crippen molar-refractivity contribution < 1.29 is 17.9 Å². The van der Waals surface area contributed by atoms with Crippen LogP contribution in [0.3, 0.4) is 0 Å². The Labute approximate surface area is 90.9 Å². The van der Waals surface area contributed by atoms with E-state index in [2.05, 4.69) is 4.74 Å². The van der Waals surface area contributed by atoms with Crippen molar-refractivity contribution in [2.24, 2.45) is 5.73 Å². The lowest BCUT2D eigenvalue weighted by molar-refractivity contribution is -0.139. The molecule has 0 radical (unpaired) electrons. The molecule has 90 valence electrons. The molecule has 2 N–H and O–H groups in total. The largest absolute Gasteiger partial charge is 0.465 e. The molecule has 0 aliphatic rings. The van der Waals surface area contributed by atoms with Crippen LogP contribution in [0.2, 0.25) is 0 Å². The molecule has 6 heteroatoms. The number of carbonyl (C=O) groups excluding carboxylic acids is 1. The van der Waals surface area contributed by atoms with Crippen LogP contribution in [0.25, 0.3) is 0 Å². The summed E-state index contributed by atoms with van der Waals surface area (Å²) < 4.78 is 27.3. The summed E-state index contributed by atoms with van der Waals surface area (Å²) >= 11 is 0. The fourth-order valence-corrected chi connectivity index (χ4v) is 2.33. The van der Waals surface area contributed by atoms with Gasteiger partial charge in [-0.15, -0.1) is 0 Å². The van der Waals surface area contributed by atoms with Gasteiger partial charge >= 0.3 is 5.97 Å². The Morgan fingerprint density at radius 2 is 1.93 bits per heavy atom. The molecular formula is C9H19NO4S. The van der Waals surface area contributed by atoms with Gasteiger partial charge in [0.1, 0.15) is 5.75 Å². The SMILES string of the molecule is CCOC(=O)CS(=O)(=O)CCCCCN. The van der Waals surface area contributed by atoms with Crippen molar-refractivity contribution in [3.05, 3.63) is 0 Å². The van der Waals surface area contributed by atoms with E-state index in [4.69, 9.17) is 5.73 Å². The number of unbranched alkanes of at least 4 members (excludes halogenated alkanes) is 2. The van der Waals surface area contributed by atoms with E-state index in [1.54, 1.807) is 6.92 Å². The normalized spacial score (nSPS) is 11.3. The van der Waals surface area contributed by atoms with Gasteiger partial charge < -0.3 is 10.5 Å². The summed E-state index contributed by atoms with van der Waals surface area (Å²) in [5, 5.41) is 0. The Hall–Kier alpha value is -0.620. The molecule has 0 aliphatic heterocycles. The van der Waals surface area contributed by atoms with Crippen LogP contribution in [0.5, 0.6) is 0 Å². The summed E-state index contributed by atoms with van der Waals surface area (Å²) in [6, 6.07) is 0. The molecule has 0 saturated heterocycles. The summed E-state index contributed by atoms with van der Waals surface area (Å²) in [6.07, 6.45) is 2.15. The summed E-state index contributed by atoms with van der Waals surface area (Å²) in [5.74, 6) is -1.15. The van der Waals surface area contributed by atoms with Gasteiger partial charge in [-0.2, -0.15) is 0 Å². The van der Waals surface area contributed by atoms with Crippen LogP contribution in [0, 0.1) is 0 Å². The van der Waals surface area contributed by atoms with E-state index in [0.717, 1.165) is 12.8 Å². The second kappa shape index (κ2) is 7.64. The van der Waals surface area contributed by atoms with E-state index >= 15 is 0 Å². The zero-order valence-electron chi connectivity index (χ0n) is 9.07. The van der Waals surface area contributed by atoms with Gasteiger partial charge in [-0.3, -0.25) is 4.79 Å². The van der Waals surface area contributed by atoms with Crippen LogP contribution in [-0.2, 0) is 19.4 Å². The molecule has 0 amide bonds. The third kappa shape index (κ3) is 8.38. The number of ether oxygens (including phenoxy) is 1. The first-order valence-electron chi connectivity index (χ1n) is 5.08. The first kappa shape index (κ1) is 14.4. The number of hydrogen-bond acceptors (Lipinski definition) is 5. The molecule has 15 heavy (non-hydrogen) atoms. The van der Waals surface area contributed by atoms with Crippen molar-refractivity contribution in [3.63, 3.8) is 0 Å². The summed E-state index contributed by atoms with van der Waals surface area (Å²) in [5.41, 5.74) is 5.28. The molecule has 0 rings (SSSR count). The molecule has 0 aliphatic carbocycles. The minimum Gasteiger partial charge on any atom is -0.465 e. The first-order valence-corrected chi connectivity index (χ1v) is 6.90. The van der Waals surface area contributed by atoms with Gasteiger partial charge in [0, 0.05) is 0 Å². The van der Waals surface area contributed by atoms with Crippen molar-refractivity contribution in [3.8, 4) is 0 Å². The maximum Gasteiger partial charge on any atom is 0.321 e. The highest BCUT2D eigenvalue weighted by Crippen LogP contribution is 2.00. The van der Waals surface area contributed by atoms with Gasteiger partial charge in [0.15, 0.2) is 9.84 Å². The molecule has 0 unspecified atom stereocenters. The van der Waals surface area contributed by atoms with Crippen molar-refractivity contribution >= 4 is 15.8 Å². The molecule has 0 aromatic heterocycles. The van der Waals surface area contributed by atoms with E-state index in [1.165, 1.54) is 0 Å². The van der Waals surface area contributed by atoms with Gasteiger partial charge in [0.2, 0.25) is 0 Å². The molecule has 5 nitrogen and oxygen atoms in total. The van der Waals surface area contributed by atoms with E-state index in [1.807, 2.05) is 0 Å². The van der Waals surface area contributed by atoms with Crippen molar-refractivity contribution in [2.75, 3.05) is 24.7 Å². The van der Waals surface area contributed by atoms with Crippen LogP contribution in [0.15, 0.2) is 0 Å². The average molecular weight is 237 g/mol. The predicted octanol–water partition coefficient (Wildman–Crippen LogP) is 0.0933. The number of carbonyl (C=O) groups is 1. The minimum absolute atomic E-state index is 0.0335. The maximum absolute atomic E-state index is 11.3. The average Bonchev–Trinajstić information content (AvgIpc) is 2.12. The zero-order chi connectivity index (χ0) is 11.7. The van der Waals surface area contributed by atoms with Crippen LogP contribution in [-0.4, -0.2) is 39.0 Å². The molecule has 0 saturated carbocycles. The van der Waals surface area contributed by atoms with E-state index in [9.17, 15) is 13.2 Å². The monoisotopic (exact) mass is 237 g/mol. The van der Waals surface area contributed by atoms with Crippen molar-refractivity contribution in [1.29, 1.82) is 0 Å². The summed E-state index contributed by atoms with van der Waals surface area (Å²) in [4.78, 5) is 10.9. The van der Waals surface area contributed by atoms with Gasteiger partial charge in [0.05, 0.1) is 12.4 Å². The minimum atomic E-state index is -3.30. The number of rotatable bonds is 8. The lowest BCUT2D eigenvalue weighted by Crippen LogP contribution is -2.21. The molecule has 0 aromatic carbocycles. The Bertz CT molecular complexity index is 274. The first-order chi connectivity index (χ1) is 7.02. The number of nitrogens with two attached hydrogens (primary N) is 1.